The molecule has 1 heterocycles. The van der Waals surface area contributed by atoms with Crippen LogP contribution in [0, 0.1) is 6.92 Å². The summed E-state index contributed by atoms with van der Waals surface area (Å²) in [7, 11) is -1.42. The topological polar surface area (TPSA) is 22.0 Å². The SMILES string of the molecule is Cc1cc2cc(C3CC3)ccc2c(=O)n1-c1cccc(Br)c1CC[Si](C)(C)C(C)(C)C. The third kappa shape index (κ3) is 4.34. The van der Waals surface area contributed by atoms with Crippen LogP contribution in [0.15, 0.2) is 51.7 Å². The van der Waals surface area contributed by atoms with E-state index in [1.807, 2.05) is 16.7 Å². The molecule has 0 unspecified atom stereocenters. The highest BCUT2D eigenvalue weighted by molar-refractivity contribution is 9.10. The van der Waals surface area contributed by atoms with Crippen LogP contribution in [0.3, 0.4) is 0 Å². The molecule has 0 atom stereocenters. The van der Waals surface area contributed by atoms with Gasteiger partial charge in [0, 0.05) is 15.6 Å². The molecule has 1 aliphatic rings. The minimum Gasteiger partial charge on any atom is -0.281 e. The van der Waals surface area contributed by atoms with E-state index in [0.717, 1.165) is 33.0 Å². The third-order valence-electron chi connectivity index (χ3n) is 7.64. The van der Waals surface area contributed by atoms with Gasteiger partial charge in [-0.15, -0.1) is 0 Å². The quantitative estimate of drug-likeness (QED) is 0.328. The van der Waals surface area contributed by atoms with Crippen molar-refractivity contribution in [2.24, 2.45) is 0 Å². The number of fused-ring (bicyclic) bond motifs is 1. The summed E-state index contributed by atoms with van der Waals surface area (Å²) in [6.07, 6.45) is 3.53. The second-order valence-corrected chi connectivity index (χ2v) is 17.5. The number of pyridine rings is 1. The minimum absolute atomic E-state index is 0.0871. The Labute approximate surface area is 195 Å². The molecule has 0 bridgehead atoms. The molecule has 31 heavy (non-hydrogen) atoms. The van der Waals surface area contributed by atoms with Crippen molar-refractivity contribution in [2.75, 3.05) is 0 Å². The molecule has 4 rings (SSSR count). The maximum atomic E-state index is 13.6. The highest BCUT2D eigenvalue weighted by Crippen LogP contribution is 2.41. The first-order valence-electron chi connectivity index (χ1n) is 11.4. The number of aryl methyl sites for hydroxylation is 1. The van der Waals surface area contributed by atoms with E-state index in [4.69, 9.17) is 0 Å². The Balaban J connectivity index is 1.80. The molecule has 164 valence electrons. The van der Waals surface area contributed by atoms with Crippen molar-refractivity contribution in [3.8, 4) is 5.69 Å². The van der Waals surface area contributed by atoms with Crippen molar-refractivity contribution in [1.82, 2.24) is 4.57 Å². The number of nitrogens with zero attached hydrogens (tertiary/aromatic N) is 1. The molecule has 0 amide bonds. The van der Waals surface area contributed by atoms with Crippen molar-refractivity contribution in [2.45, 2.75) is 77.1 Å². The summed E-state index contributed by atoms with van der Waals surface area (Å²) in [6, 6.07) is 16.0. The molecule has 0 aliphatic heterocycles. The molecule has 1 saturated carbocycles. The number of halogens is 1. The molecule has 2 aromatic carbocycles. The molecular weight excluding hydrogens is 462 g/mol. The van der Waals surface area contributed by atoms with Crippen LogP contribution in [0.25, 0.3) is 16.5 Å². The molecule has 4 heteroatoms. The fraction of sp³-hybridized carbons (Fsp3) is 0.444. The van der Waals surface area contributed by atoms with E-state index in [1.165, 1.54) is 30.0 Å². The van der Waals surface area contributed by atoms with Crippen LogP contribution in [0.4, 0.5) is 0 Å². The van der Waals surface area contributed by atoms with Gasteiger partial charge in [-0.2, -0.15) is 0 Å². The summed E-state index contributed by atoms with van der Waals surface area (Å²) in [6.45, 7) is 14.1. The fourth-order valence-corrected chi connectivity index (χ4v) is 6.43. The molecule has 1 aliphatic carbocycles. The maximum absolute atomic E-state index is 13.6. The third-order valence-corrected chi connectivity index (χ3v) is 13.9. The molecule has 3 aromatic rings. The molecule has 0 N–H and O–H groups in total. The predicted molar refractivity (Wildman–Crippen MR) is 140 cm³/mol. The Kier molecular flexibility index (Phi) is 5.85. The Morgan fingerprint density at radius 2 is 1.81 bits per heavy atom. The lowest BCUT2D eigenvalue weighted by Crippen LogP contribution is -2.37. The first kappa shape index (κ1) is 22.5. The molecule has 0 saturated heterocycles. The van der Waals surface area contributed by atoms with Gasteiger partial charge in [0.05, 0.1) is 13.8 Å². The van der Waals surface area contributed by atoms with Crippen LogP contribution < -0.4 is 5.56 Å². The summed E-state index contributed by atoms with van der Waals surface area (Å²) in [5.41, 5.74) is 4.72. The van der Waals surface area contributed by atoms with Crippen molar-refractivity contribution in [1.29, 1.82) is 0 Å². The van der Waals surface area contributed by atoms with Crippen LogP contribution in [0.1, 0.15) is 56.4 Å². The zero-order chi connectivity index (χ0) is 22.6. The normalized spacial score (nSPS) is 14.9. The smallest absolute Gasteiger partial charge is 0.263 e. The van der Waals surface area contributed by atoms with Crippen molar-refractivity contribution < 1.29 is 0 Å². The molecule has 1 fully saturated rings. The lowest BCUT2D eigenvalue weighted by atomic mass is 10.0. The average Bonchev–Trinajstić information content (AvgIpc) is 3.51. The van der Waals surface area contributed by atoms with Crippen molar-refractivity contribution in [3.05, 3.63) is 74.1 Å². The molecule has 0 spiro atoms. The molecule has 0 radical (unpaired) electrons. The second kappa shape index (κ2) is 8.04. The molecule has 2 nitrogen and oxygen atoms in total. The average molecular weight is 497 g/mol. The Bertz CT molecular complexity index is 1200. The van der Waals surface area contributed by atoms with Crippen molar-refractivity contribution in [3.63, 3.8) is 0 Å². The van der Waals surface area contributed by atoms with E-state index in [9.17, 15) is 4.79 Å². The monoisotopic (exact) mass is 495 g/mol. The second-order valence-electron chi connectivity index (χ2n) is 10.9. The van der Waals surface area contributed by atoms with Crippen LogP contribution in [-0.2, 0) is 6.42 Å². The van der Waals surface area contributed by atoms with E-state index in [-0.39, 0.29) is 5.56 Å². The lowest BCUT2D eigenvalue weighted by molar-refractivity contribution is 0.710. The van der Waals surface area contributed by atoms with Gasteiger partial charge in [0.2, 0.25) is 0 Å². The highest BCUT2D eigenvalue weighted by atomic mass is 79.9. The van der Waals surface area contributed by atoms with Gasteiger partial charge in [0.1, 0.15) is 0 Å². The summed E-state index contributed by atoms with van der Waals surface area (Å²) >= 11 is 3.79. The van der Waals surface area contributed by atoms with Gasteiger partial charge >= 0.3 is 0 Å². The molecule has 1 aromatic heterocycles. The van der Waals surface area contributed by atoms with Gasteiger partial charge in [-0.1, -0.05) is 74.0 Å². The maximum Gasteiger partial charge on any atom is 0.263 e. The summed E-state index contributed by atoms with van der Waals surface area (Å²) in [5, 5.41) is 2.23. The fourth-order valence-electron chi connectivity index (χ4n) is 4.25. The predicted octanol–water partition coefficient (Wildman–Crippen LogP) is 7.99. The van der Waals surface area contributed by atoms with Crippen LogP contribution in [0.2, 0.25) is 24.2 Å². The molecular formula is C27H34BrNOSi. The van der Waals surface area contributed by atoms with Crippen LogP contribution >= 0.6 is 15.9 Å². The van der Waals surface area contributed by atoms with Gasteiger partial charge in [-0.3, -0.25) is 9.36 Å². The van der Waals surface area contributed by atoms with Crippen LogP contribution in [-0.4, -0.2) is 12.6 Å². The number of hydrogen-bond donors (Lipinski definition) is 0. The summed E-state index contributed by atoms with van der Waals surface area (Å²) in [4.78, 5) is 13.6. The van der Waals surface area contributed by atoms with E-state index in [2.05, 4.69) is 87.1 Å². The van der Waals surface area contributed by atoms with E-state index in [0.29, 0.717) is 11.0 Å². The van der Waals surface area contributed by atoms with Gasteiger partial charge in [0.25, 0.3) is 5.56 Å². The lowest BCUT2D eigenvalue weighted by Gasteiger charge is -2.37. The van der Waals surface area contributed by atoms with Gasteiger partial charge in [-0.05, 0) is 77.9 Å². The Hall–Kier alpha value is -1.65. The summed E-state index contributed by atoms with van der Waals surface area (Å²) < 4.78 is 3.02. The minimum atomic E-state index is -1.42. The zero-order valence-electron chi connectivity index (χ0n) is 19.7. The van der Waals surface area contributed by atoms with Crippen LogP contribution in [0.5, 0.6) is 0 Å². The Morgan fingerprint density at radius 3 is 2.45 bits per heavy atom. The standard InChI is InChI=1S/C27H34BrNOSi/c1-18-16-21-17-20(19-10-11-19)12-13-22(21)26(30)29(18)25-9-7-8-24(28)23(25)14-15-31(5,6)27(2,3)4/h7-9,12-13,16-17,19H,10-11,14-15H2,1-6H3. The zero-order valence-corrected chi connectivity index (χ0v) is 22.3. The number of aromatic nitrogens is 1. The largest absolute Gasteiger partial charge is 0.281 e. The van der Waals surface area contributed by atoms with Gasteiger partial charge in [0.15, 0.2) is 0 Å². The Morgan fingerprint density at radius 1 is 1.10 bits per heavy atom. The highest BCUT2D eigenvalue weighted by Gasteiger charge is 2.34. The number of rotatable bonds is 5. The summed E-state index contributed by atoms with van der Waals surface area (Å²) in [5.74, 6) is 0.694. The van der Waals surface area contributed by atoms with E-state index in [1.54, 1.807) is 0 Å². The first-order chi connectivity index (χ1) is 14.5. The van der Waals surface area contributed by atoms with Gasteiger partial charge in [-0.25, -0.2) is 0 Å². The number of hydrogen-bond acceptors (Lipinski definition) is 1. The first-order valence-corrected chi connectivity index (χ1v) is 15.4. The van der Waals surface area contributed by atoms with Crippen molar-refractivity contribution >= 4 is 34.8 Å². The van der Waals surface area contributed by atoms with E-state index >= 15 is 0 Å². The van der Waals surface area contributed by atoms with E-state index < -0.39 is 8.07 Å². The van der Waals surface area contributed by atoms with Gasteiger partial charge < -0.3 is 0 Å². The number of benzene rings is 2.